The van der Waals surface area contributed by atoms with Crippen molar-refractivity contribution in [1.82, 2.24) is 14.3 Å². The molecule has 10 heteroatoms. The van der Waals surface area contributed by atoms with E-state index in [1.807, 2.05) is 19.1 Å². The zero-order valence-corrected chi connectivity index (χ0v) is 21.1. The highest BCUT2D eigenvalue weighted by Crippen LogP contribution is 2.34. The number of amides is 1. The van der Waals surface area contributed by atoms with Gasteiger partial charge in [0.05, 0.1) is 10.5 Å². The normalized spacial score (nSPS) is 22.3. The Labute approximate surface area is 207 Å². The van der Waals surface area contributed by atoms with Gasteiger partial charge in [0.15, 0.2) is 0 Å². The molecule has 0 saturated carbocycles. The van der Waals surface area contributed by atoms with Crippen molar-refractivity contribution in [3.63, 3.8) is 0 Å². The zero-order valence-electron chi connectivity index (χ0n) is 19.5. The highest BCUT2D eigenvalue weighted by molar-refractivity contribution is 8.26. The predicted molar refractivity (Wildman–Crippen MR) is 138 cm³/mol. The van der Waals surface area contributed by atoms with E-state index >= 15 is 0 Å². The summed E-state index contributed by atoms with van der Waals surface area (Å²) in [4.78, 5) is 46.4. The summed E-state index contributed by atoms with van der Waals surface area (Å²) in [6.07, 6.45) is 4.69. The molecule has 1 amide bonds. The third kappa shape index (κ3) is 4.88. The van der Waals surface area contributed by atoms with E-state index in [0.717, 1.165) is 36.8 Å². The van der Waals surface area contributed by atoms with Gasteiger partial charge in [-0.05, 0) is 49.3 Å². The summed E-state index contributed by atoms with van der Waals surface area (Å²) in [5.41, 5.74) is 1.64. The van der Waals surface area contributed by atoms with Crippen LogP contribution in [0.3, 0.4) is 0 Å². The van der Waals surface area contributed by atoms with Crippen molar-refractivity contribution < 1.29 is 14.7 Å². The molecule has 8 nitrogen and oxygen atoms in total. The minimum atomic E-state index is -0.916. The average molecular weight is 501 g/mol. The highest BCUT2D eigenvalue weighted by Gasteiger charge is 2.33. The zero-order chi connectivity index (χ0) is 24.6. The number of thiocarbonyl (C=S) groups is 1. The number of carboxylic acids is 1. The molecule has 1 N–H and O–H groups in total. The van der Waals surface area contributed by atoms with Crippen LogP contribution in [0.25, 0.3) is 11.7 Å². The maximum Gasteiger partial charge on any atom is 0.303 e. The number of rotatable bonds is 6. The third-order valence-electron chi connectivity index (χ3n) is 6.15. The molecule has 2 unspecified atom stereocenters. The Balaban J connectivity index is 1.78. The number of hydrogen-bond donors (Lipinski definition) is 1. The van der Waals surface area contributed by atoms with Crippen LogP contribution >= 0.6 is 24.0 Å². The maximum absolute atomic E-state index is 13.6. The Morgan fingerprint density at radius 2 is 2.00 bits per heavy atom. The van der Waals surface area contributed by atoms with E-state index in [2.05, 4.69) is 18.7 Å². The van der Waals surface area contributed by atoms with Crippen LogP contribution in [0.15, 0.2) is 28.0 Å². The van der Waals surface area contributed by atoms with Crippen molar-refractivity contribution in [3.8, 4) is 0 Å². The lowest BCUT2D eigenvalue weighted by atomic mass is 9.91. The van der Waals surface area contributed by atoms with Gasteiger partial charge in [-0.25, -0.2) is 4.98 Å². The number of aryl methyl sites for hydroxylation is 1. The number of carboxylic acid groups (broad SMARTS) is 1. The SMILES string of the molecule is Cc1cccn2c(=O)c(/C=C3/SC(=S)N(CCCC(=O)O)C3=O)c(N3CC(C)CC(C)C3)nc12. The lowest BCUT2D eigenvalue weighted by Crippen LogP contribution is -2.40. The number of pyridine rings is 1. The van der Waals surface area contributed by atoms with E-state index in [1.165, 1.54) is 9.30 Å². The number of hydrogen-bond acceptors (Lipinski definition) is 7. The van der Waals surface area contributed by atoms with E-state index in [1.54, 1.807) is 12.3 Å². The number of fused-ring (bicyclic) bond motifs is 1. The molecule has 0 aromatic carbocycles. The van der Waals surface area contributed by atoms with Gasteiger partial charge < -0.3 is 10.0 Å². The number of thioether (sulfide) groups is 1. The predicted octanol–water partition coefficient (Wildman–Crippen LogP) is 3.55. The van der Waals surface area contributed by atoms with Gasteiger partial charge >= 0.3 is 5.97 Å². The molecule has 2 aliphatic rings. The molecular weight excluding hydrogens is 472 g/mol. The second-order valence-electron chi connectivity index (χ2n) is 9.22. The molecule has 2 aliphatic heterocycles. The molecular formula is C24H28N4O4S2. The summed E-state index contributed by atoms with van der Waals surface area (Å²) in [6, 6.07) is 3.73. The van der Waals surface area contributed by atoms with Gasteiger partial charge in [0.25, 0.3) is 11.5 Å². The van der Waals surface area contributed by atoms with Crippen molar-refractivity contribution in [2.45, 2.75) is 40.0 Å². The number of nitrogens with zero attached hydrogens (tertiary/aromatic N) is 4. The number of aliphatic carboxylic acids is 1. The second kappa shape index (κ2) is 9.87. The summed E-state index contributed by atoms with van der Waals surface area (Å²) < 4.78 is 1.89. The molecule has 34 heavy (non-hydrogen) atoms. The molecule has 180 valence electrons. The van der Waals surface area contributed by atoms with E-state index in [4.69, 9.17) is 22.3 Å². The van der Waals surface area contributed by atoms with Crippen LogP contribution in [0.5, 0.6) is 0 Å². The van der Waals surface area contributed by atoms with Crippen molar-refractivity contribution in [2.75, 3.05) is 24.5 Å². The van der Waals surface area contributed by atoms with Gasteiger partial charge in [-0.15, -0.1) is 0 Å². The average Bonchev–Trinajstić information content (AvgIpc) is 3.02. The van der Waals surface area contributed by atoms with Crippen LogP contribution in [0, 0.1) is 18.8 Å². The molecule has 4 rings (SSSR count). The second-order valence-corrected chi connectivity index (χ2v) is 10.9. The van der Waals surface area contributed by atoms with Gasteiger partial charge in [0.2, 0.25) is 0 Å². The Bertz CT molecular complexity index is 1250. The van der Waals surface area contributed by atoms with Crippen molar-refractivity contribution >= 4 is 57.7 Å². The molecule has 0 radical (unpaired) electrons. The van der Waals surface area contributed by atoms with E-state index in [9.17, 15) is 14.4 Å². The molecule has 2 saturated heterocycles. The summed E-state index contributed by atoms with van der Waals surface area (Å²) in [6.45, 7) is 8.13. The Morgan fingerprint density at radius 3 is 2.68 bits per heavy atom. The summed E-state index contributed by atoms with van der Waals surface area (Å²) in [5, 5.41) is 8.89. The van der Waals surface area contributed by atoms with Gasteiger partial charge in [-0.2, -0.15) is 0 Å². The van der Waals surface area contributed by atoms with Gasteiger partial charge in [-0.3, -0.25) is 23.7 Å². The minimum Gasteiger partial charge on any atom is -0.481 e. The molecule has 2 fully saturated rings. The summed E-state index contributed by atoms with van der Waals surface area (Å²) >= 11 is 6.51. The number of carbonyl (C=O) groups excluding carboxylic acids is 1. The Kier molecular flexibility index (Phi) is 7.09. The molecule has 0 bridgehead atoms. The molecule has 0 spiro atoms. The third-order valence-corrected chi connectivity index (χ3v) is 7.53. The van der Waals surface area contributed by atoms with Crippen molar-refractivity contribution in [1.29, 1.82) is 0 Å². The molecule has 4 heterocycles. The van der Waals surface area contributed by atoms with Crippen molar-refractivity contribution in [2.24, 2.45) is 11.8 Å². The van der Waals surface area contributed by atoms with Crippen LogP contribution < -0.4 is 10.5 Å². The fourth-order valence-corrected chi connectivity index (χ4v) is 6.01. The first-order valence-electron chi connectivity index (χ1n) is 11.4. The van der Waals surface area contributed by atoms with Gasteiger partial charge in [0.1, 0.15) is 15.8 Å². The first-order chi connectivity index (χ1) is 16.2. The van der Waals surface area contributed by atoms with Crippen molar-refractivity contribution in [3.05, 3.63) is 44.7 Å². The molecule has 2 aromatic rings. The van der Waals surface area contributed by atoms with Crippen LogP contribution in [0.4, 0.5) is 5.82 Å². The Morgan fingerprint density at radius 1 is 1.29 bits per heavy atom. The van der Waals surface area contributed by atoms with Crippen LogP contribution in [-0.2, 0) is 9.59 Å². The Hall–Kier alpha value is -2.72. The summed E-state index contributed by atoms with van der Waals surface area (Å²) in [5.74, 6) is 0.290. The van der Waals surface area contributed by atoms with Crippen LogP contribution in [0.2, 0.25) is 0 Å². The first-order valence-corrected chi connectivity index (χ1v) is 12.6. The number of carbonyl (C=O) groups is 2. The number of anilines is 1. The fraction of sp³-hybridized carbons (Fsp3) is 0.458. The highest BCUT2D eigenvalue weighted by atomic mass is 32.2. The minimum absolute atomic E-state index is 0.0408. The quantitative estimate of drug-likeness (QED) is 0.475. The molecule has 2 atom stereocenters. The lowest BCUT2D eigenvalue weighted by molar-refractivity contribution is -0.137. The molecule has 2 aromatic heterocycles. The topological polar surface area (TPSA) is 95.2 Å². The smallest absolute Gasteiger partial charge is 0.303 e. The van der Waals surface area contributed by atoms with E-state index < -0.39 is 5.97 Å². The van der Waals surface area contributed by atoms with Crippen LogP contribution in [-0.4, -0.2) is 55.2 Å². The van der Waals surface area contributed by atoms with E-state index in [-0.39, 0.29) is 24.4 Å². The maximum atomic E-state index is 13.6. The lowest BCUT2D eigenvalue weighted by Gasteiger charge is -2.36. The number of piperidine rings is 1. The van der Waals surface area contributed by atoms with E-state index in [0.29, 0.717) is 44.5 Å². The number of aromatic nitrogens is 2. The monoisotopic (exact) mass is 500 g/mol. The standard InChI is InChI=1S/C24H28N4O4S2/c1-14-10-15(2)13-26(12-14)21-17(22(31)27-8-4-6-16(3)20(27)25-21)11-18-23(32)28(24(33)34-18)9-5-7-19(29)30/h4,6,8,11,14-15H,5,7,9-10,12-13H2,1-3H3,(H,29,30)/b18-11+. The fourth-order valence-electron chi connectivity index (χ4n) is 4.72. The van der Waals surface area contributed by atoms with Gasteiger partial charge in [-0.1, -0.05) is 43.9 Å². The van der Waals surface area contributed by atoms with Crippen LogP contribution in [0.1, 0.15) is 44.2 Å². The largest absolute Gasteiger partial charge is 0.481 e. The van der Waals surface area contributed by atoms with Gasteiger partial charge in [0, 0.05) is 32.3 Å². The summed E-state index contributed by atoms with van der Waals surface area (Å²) in [7, 11) is 0. The molecule has 0 aliphatic carbocycles. The first kappa shape index (κ1) is 24.4.